The minimum atomic E-state index is 0. The number of nitrogens with one attached hydrogen (secondary N) is 1. The molecule has 0 spiro atoms. The van der Waals surface area contributed by atoms with Gasteiger partial charge in [0.15, 0.2) is 5.96 Å². The minimum Gasteiger partial charge on any atom is -0.357 e. The summed E-state index contributed by atoms with van der Waals surface area (Å²) < 4.78 is 6.77. The van der Waals surface area contributed by atoms with Crippen LogP contribution in [0.5, 0.6) is 0 Å². The molecule has 9 nitrogen and oxygen atoms in total. The first kappa shape index (κ1) is 25.1. The van der Waals surface area contributed by atoms with E-state index in [1.807, 2.05) is 0 Å². The van der Waals surface area contributed by atoms with Gasteiger partial charge in [-0.25, -0.2) is 4.98 Å². The van der Waals surface area contributed by atoms with Crippen molar-refractivity contribution in [1.29, 1.82) is 0 Å². The highest BCUT2D eigenvalue weighted by Crippen LogP contribution is 2.19. The molecule has 2 aliphatic rings. The lowest BCUT2D eigenvalue weighted by Gasteiger charge is -2.36. The van der Waals surface area contributed by atoms with E-state index >= 15 is 0 Å². The lowest BCUT2D eigenvalue weighted by atomic mass is 10.2. The summed E-state index contributed by atoms with van der Waals surface area (Å²) in [6, 6.07) is 0. The SMILES string of the molecule is CCNC(=NCCCc1nnc2n1CCCCC2)N1CCN(c2nc(CC)ns2)CC1.I. The number of halogens is 1. The highest BCUT2D eigenvalue weighted by molar-refractivity contribution is 14.0. The van der Waals surface area contributed by atoms with E-state index in [1.54, 1.807) is 0 Å². The van der Waals surface area contributed by atoms with Crippen LogP contribution in [-0.4, -0.2) is 74.2 Å². The summed E-state index contributed by atoms with van der Waals surface area (Å²) in [6.07, 6.45) is 7.68. The molecule has 2 aromatic rings. The van der Waals surface area contributed by atoms with Gasteiger partial charge in [0.05, 0.1) is 0 Å². The number of fused-ring (bicyclic) bond motifs is 1. The van der Waals surface area contributed by atoms with Crippen molar-refractivity contribution in [1.82, 2.24) is 34.3 Å². The molecule has 11 heteroatoms. The lowest BCUT2D eigenvalue weighted by molar-refractivity contribution is 0.372. The van der Waals surface area contributed by atoms with Crippen LogP contribution in [0.3, 0.4) is 0 Å². The zero-order chi connectivity index (χ0) is 21.5. The van der Waals surface area contributed by atoms with E-state index in [-0.39, 0.29) is 24.0 Å². The molecule has 1 N–H and O–H groups in total. The molecule has 32 heavy (non-hydrogen) atoms. The van der Waals surface area contributed by atoms with Crippen LogP contribution < -0.4 is 10.2 Å². The molecule has 178 valence electrons. The number of aryl methyl sites for hydroxylation is 3. The molecule has 4 rings (SSSR count). The van der Waals surface area contributed by atoms with Crippen molar-refractivity contribution in [2.45, 2.75) is 65.3 Å². The summed E-state index contributed by atoms with van der Waals surface area (Å²) in [5, 5.41) is 13.4. The zero-order valence-corrected chi connectivity index (χ0v) is 22.4. The number of aromatic nitrogens is 5. The lowest BCUT2D eigenvalue weighted by Crippen LogP contribution is -2.52. The summed E-state index contributed by atoms with van der Waals surface area (Å²) in [7, 11) is 0. The predicted octanol–water partition coefficient (Wildman–Crippen LogP) is 2.76. The van der Waals surface area contributed by atoms with Gasteiger partial charge in [-0.1, -0.05) is 13.3 Å². The van der Waals surface area contributed by atoms with Gasteiger partial charge in [-0.15, -0.1) is 34.2 Å². The minimum absolute atomic E-state index is 0. The standard InChI is InChI=1S/C21H35N9S.HI/c1-3-17-24-21(31-27-17)29-15-13-28(14-16-29)20(22-4-2)23-11-8-10-19-26-25-18-9-6-5-7-12-30(18)19;/h3-16H2,1-2H3,(H,22,23);1H. The van der Waals surface area contributed by atoms with E-state index in [0.717, 1.165) is 94.2 Å². The molecule has 0 bridgehead atoms. The van der Waals surface area contributed by atoms with Crippen molar-refractivity contribution >= 4 is 46.6 Å². The van der Waals surface area contributed by atoms with Crippen LogP contribution in [0.2, 0.25) is 0 Å². The quantitative estimate of drug-likeness (QED) is 0.236. The van der Waals surface area contributed by atoms with Gasteiger partial charge < -0.3 is 19.7 Å². The molecule has 2 aromatic heterocycles. The zero-order valence-electron chi connectivity index (χ0n) is 19.3. The maximum atomic E-state index is 4.91. The van der Waals surface area contributed by atoms with Crippen molar-refractivity contribution in [3.8, 4) is 0 Å². The molecular weight excluding hydrogens is 537 g/mol. The number of rotatable bonds is 7. The van der Waals surface area contributed by atoms with Crippen molar-refractivity contribution in [3.63, 3.8) is 0 Å². The van der Waals surface area contributed by atoms with Gasteiger partial charge in [0.25, 0.3) is 0 Å². The Hall–Kier alpha value is -1.50. The Labute approximate surface area is 212 Å². The molecule has 0 aliphatic carbocycles. The maximum absolute atomic E-state index is 4.91. The van der Waals surface area contributed by atoms with Crippen LogP contribution in [0.25, 0.3) is 0 Å². The van der Waals surface area contributed by atoms with Gasteiger partial charge in [0.1, 0.15) is 17.5 Å². The average Bonchev–Trinajstić information content (AvgIpc) is 3.37. The van der Waals surface area contributed by atoms with Gasteiger partial charge in [-0.2, -0.15) is 4.37 Å². The van der Waals surface area contributed by atoms with Crippen LogP contribution in [0.1, 0.15) is 57.0 Å². The molecule has 0 unspecified atom stereocenters. The molecule has 1 saturated heterocycles. The van der Waals surface area contributed by atoms with E-state index < -0.39 is 0 Å². The van der Waals surface area contributed by atoms with Gasteiger partial charge in [0.2, 0.25) is 5.13 Å². The molecule has 0 radical (unpaired) electrons. The largest absolute Gasteiger partial charge is 0.357 e. The number of aliphatic imine (C=N–C) groups is 1. The third-order valence-electron chi connectivity index (χ3n) is 5.96. The number of nitrogens with zero attached hydrogens (tertiary/aromatic N) is 8. The van der Waals surface area contributed by atoms with Crippen LogP contribution >= 0.6 is 35.5 Å². The first-order chi connectivity index (χ1) is 15.3. The Bertz CT molecular complexity index is 857. The highest BCUT2D eigenvalue weighted by Gasteiger charge is 2.22. The molecule has 0 aromatic carbocycles. The Balaban J connectivity index is 0.00000289. The second kappa shape index (κ2) is 12.7. The topological polar surface area (TPSA) is 87.4 Å². The fourth-order valence-electron chi connectivity index (χ4n) is 4.20. The Morgan fingerprint density at radius 2 is 1.91 bits per heavy atom. The van der Waals surface area contributed by atoms with Gasteiger partial charge in [-0.05, 0) is 26.2 Å². The van der Waals surface area contributed by atoms with E-state index in [9.17, 15) is 0 Å². The fraction of sp³-hybridized carbons (Fsp3) is 0.762. The van der Waals surface area contributed by atoms with Gasteiger partial charge in [0, 0.05) is 76.6 Å². The fourth-order valence-corrected chi connectivity index (χ4v) is 5.01. The van der Waals surface area contributed by atoms with E-state index in [4.69, 9.17) is 4.99 Å². The molecule has 0 atom stereocenters. The predicted molar refractivity (Wildman–Crippen MR) is 140 cm³/mol. The molecule has 4 heterocycles. The summed E-state index contributed by atoms with van der Waals surface area (Å²) in [6.45, 7) is 10.8. The van der Waals surface area contributed by atoms with Crippen LogP contribution in [0, 0.1) is 0 Å². The van der Waals surface area contributed by atoms with Crippen molar-refractivity contribution in [2.75, 3.05) is 44.2 Å². The first-order valence-electron chi connectivity index (χ1n) is 11.8. The van der Waals surface area contributed by atoms with Crippen molar-refractivity contribution in [2.24, 2.45) is 4.99 Å². The number of hydrogen-bond acceptors (Lipinski definition) is 7. The molecule has 2 aliphatic heterocycles. The third kappa shape index (κ3) is 6.30. The second-order valence-corrected chi connectivity index (χ2v) is 8.89. The second-order valence-electron chi connectivity index (χ2n) is 8.15. The van der Waals surface area contributed by atoms with Gasteiger partial charge in [-0.3, -0.25) is 4.99 Å². The molecular formula is C21H36IN9S. The van der Waals surface area contributed by atoms with Crippen LogP contribution in [0.15, 0.2) is 4.99 Å². The van der Waals surface area contributed by atoms with Crippen molar-refractivity contribution in [3.05, 3.63) is 17.5 Å². The smallest absolute Gasteiger partial charge is 0.205 e. The van der Waals surface area contributed by atoms with Gasteiger partial charge >= 0.3 is 0 Å². The first-order valence-corrected chi connectivity index (χ1v) is 12.6. The van der Waals surface area contributed by atoms with Crippen molar-refractivity contribution < 1.29 is 0 Å². The average molecular weight is 574 g/mol. The normalized spacial score (nSPS) is 17.0. The third-order valence-corrected chi connectivity index (χ3v) is 6.78. The number of piperazine rings is 1. The summed E-state index contributed by atoms with van der Waals surface area (Å²) in [5.41, 5.74) is 0. The summed E-state index contributed by atoms with van der Waals surface area (Å²) in [5.74, 6) is 4.27. The molecule has 1 fully saturated rings. The van der Waals surface area contributed by atoms with E-state index in [2.05, 4.69) is 53.1 Å². The number of guanidine groups is 1. The Kier molecular flexibility index (Phi) is 9.94. The molecule has 0 amide bonds. The van der Waals surface area contributed by atoms with Crippen LogP contribution in [-0.2, 0) is 25.8 Å². The number of hydrogen-bond donors (Lipinski definition) is 1. The number of anilines is 1. The highest BCUT2D eigenvalue weighted by atomic mass is 127. The maximum Gasteiger partial charge on any atom is 0.205 e. The summed E-state index contributed by atoms with van der Waals surface area (Å²) in [4.78, 5) is 14.3. The van der Waals surface area contributed by atoms with Crippen LogP contribution in [0.4, 0.5) is 5.13 Å². The van der Waals surface area contributed by atoms with E-state index in [1.165, 1.54) is 36.6 Å². The summed E-state index contributed by atoms with van der Waals surface area (Å²) >= 11 is 1.51. The molecule has 0 saturated carbocycles. The Morgan fingerprint density at radius 1 is 1.06 bits per heavy atom. The van der Waals surface area contributed by atoms with E-state index in [0.29, 0.717) is 0 Å². The Morgan fingerprint density at radius 3 is 2.66 bits per heavy atom. The monoisotopic (exact) mass is 573 g/mol.